The highest BCUT2D eigenvalue weighted by Crippen LogP contribution is 2.11. The molecule has 0 aliphatic rings. The molecule has 0 aliphatic carbocycles. The number of nitrogens with one attached hydrogen (secondary N) is 2. The number of hydrogen-bond acceptors (Lipinski definition) is 2. The van der Waals surface area contributed by atoms with Crippen LogP contribution in [0.5, 0.6) is 0 Å². The average Bonchev–Trinajstić information content (AvgIpc) is 2.26. The van der Waals surface area contributed by atoms with Crippen LogP contribution in [0.25, 0.3) is 0 Å². The van der Waals surface area contributed by atoms with E-state index < -0.39 is 0 Å². The van der Waals surface area contributed by atoms with Gasteiger partial charge < -0.3 is 10.6 Å². The van der Waals surface area contributed by atoms with Gasteiger partial charge in [0, 0.05) is 23.5 Å². The summed E-state index contributed by atoms with van der Waals surface area (Å²) in [5.41, 5.74) is 0.825. The van der Waals surface area contributed by atoms with Gasteiger partial charge in [-0.15, -0.1) is 0 Å². The fourth-order valence-corrected chi connectivity index (χ4v) is 1.61. The van der Waals surface area contributed by atoms with Crippen LogP contribution in [0.1, 0.15) is 25.8 Å². The van der Waals surface area contributed by atoms with Crippen LogP contribution in [0, 0.1) is 0 Å². The minimum absolute atomic E-state index is 0.0318. The summed E-state index contributed by atoms with van der Waals surface area (Å²) in [5.74, 6) is 0.0318. The second-order valence-corrected chi connectivity index (χ2v) is 5.15. The van der Waals surface area contributed by atoms with E-state index in [4.69, 9.17) is 11.6 Å². The van der Waals surface area contributed by atoms with E-state index in [1.165, 1.54) is 0 Å². The number of amides is 1. The maximum atomic E-state index is 11.7. The molecule has 0 saturated heterocycles. The summed E-state index contributed by atoms with van der Waals surface area (Å²) < 4.78 is 0. The first-order valence-corrected chi connectivity index (χ1v) is 6.01. The van der Waals surface area contributed by atoms with E-state index in [0.717, 1.165) is 5.56 Å². The van der Waals surface area contributed by atoms with E-state index in [1.54, 1.807) is 0 Å². The SMILES string of the molecule is CNC(C)(C)CC(=O)NCc1cccc(Cl)c1. The van der Waals surface area contributed by atoms with Gasteiger partial charge in [0.25, 0.3) is 0 Å². The number of rotatable bonds is 5. The van der Waals surface area contributed by atoms with E-state index >= 15 is 0 Å². The van der Waals surface area contributed by atoms with Gasteiger partial charge in [0.2, 0.25) is 5.91 Å². The van der Waals surface area contributed by atoms with Crippen LogP contribution in [-0.2, 0) is 11.3 Å². The first kappa shape index (κ1) is 14.0. The van der Waals surface area contributed by atoms with E-state index in [-0.39, 0.29) is 11.4 Å². The molecule has 1 aromatic carbocycles. The van der Waals surface area contributed by atoms with E-state index in [1.807, 2.05) is 45.2 Å². The molecule has 1 rings (SSSR count). The normalized spacial score (nSPS) is 11.3. The Bertz CT molecular complexity index is 391. The lowest BCUT2D eigenvalue weighted by atomic mass is 10.0. The third-order valence-electron chi connectivity index (χ3n) is 2.66. The average molecular weight is 255 g/mol. The van der Waals surface area contributed by atoms with Crippen LogP contribution < -0.4 is 10.6 Å². The molecule has 0 aliphatic heterocycles. The Balaban J connectivity index is 2.44. The van der Waals surface area contributed by atoms with Crippen molar-refractivity contribution in [2.75, 3.05) is 7.05 Å². The van der Waals surface area contributed by atoms with Gasteiger partial charge in [0.1, 0.15) is 0 Å². The molecular formula is C13H19ClN2O. The number of carbonyl (C=O) groups is 1. The molecule has 3 nitrogen and oxygen atoms in total. The molecule has 0 spiro atoms. The summed E-state index contributed by atoms with van der Waals surface area (Å²) in [6.07, 6.45) is 0.448. The Labute approximate surface area is 108 Å². The van der Waals surface area contributed by atoms with Gasteiger partial charge in [-0.1, -0.05) is 23.7 Å². The van der Waals surface area contributed by atoms with Crippen molar-refractivity contribution >= 4 is 17.5 Å². The second-order valence-electron chi connectivity index (χ2n) is 4.72. The maximum Gasteiger partial charge on any atom is 0.222 e. The van der Waals surface area contributed by atoms with Gasteiger partial charge in [0.05, 0.1) is 0 Å². The third kappa shape index (κ3) is 5.20. The first-order chi connectivity index (χ1) is 7.93. The zero-order valence-electron chi connectivity index (χ0n) is 10.5. The van der Waals surface area contributed by atoms with Crippen molar-refractivity contribution in [2.24, 2.45) is 0 Å². The smallest absolute Gasteiger partial charge is 0.222 e. The van der Waals surface area contributed by atoms with Gasteiger partial charge in [-0.3, -0.25) is 4.79 Å². The molecule has 17 heavy (non-hydrogen) atoms. The summed E-state index contributed by atoms with van der Waals surface area (Å²) in [4.78, 5) is 11.7. The molecule has 0 heterocycles. The van der Waals surface area contributed by atoms with Crippen molar-refractivity contribution in [3.8, 4) is 0 Å². The monoisotopic (exact) mass is 254 g/mol. The molecule has 0 fully saturated rings. The Morgan fingerprint density at radius 3 is 2.71 bits per heavy atom. The molecular weight excluding hydrogens is 236 g/mol. The highest BCUT2D eigenvalue weighted by molar-refractivity contribution is 6.30. The highest BCUT2D eigenvalue weighted by Gasteiger charge is 2.18. The summed E-state index contributed by atoms with van der Waals surface area (Å²) >= 11 is 5.87. The van der Waals surface area contributed by atoms with Crippen LogP contribution in [0.15, 0.2) is 24.3 Å². The van der Waals surface area contributed by atoms with Gasteiger partial charge in [-0.25, -0.2) is 0 Å². The standard InChI is InChI=1S/C13H19ClN2O/c1-13(2,15-3)8-12(17)16-9-10-5-4-6-11(14)7-10/h4-7,15H,8-9H2,1-3H3,(H,16,17). The molecule has 0 aromatic heterocycles. The number of carbonyl (C=O) groups excluding carboxylic acids is 1. The van der Waals surface area contributed by atoms with Crippen molar-refractivity contribution in [1.82, 2.24) is 10.6 Å². The highest BCUT2D eigenvalue weighted by atomic mass is 35.5. The molecule has 0 unspecified atom stereocenters. The lowest BCUT2D eigenvalue weighted by Crippen LogP contribution is -2.41. The van der Waals surface area contributed by atoms with Crippen molar-refractivity contribution in [3.05, 3.63) is 34.9 Å². The fraction of sp³-hybridized carbons (Fsp3) is 0.462. The Morgan fingerprint density at radius 1 is 1.41 bits per heavy atom. The Hall–Kier alpha value is -1.06. The van der Waals surface area contributed by atoms with Crippen LogP contribution in [0.3, 0.4) is 0 Å². The molecule has 94 valence electrons. The minimum Gasteiger partial charge on any atom is -0.352 e. The second kappa shape index (κ2) is 6.03. The zero-order chi connectivity index (χ0) is 12.9. The number of halogens is 1. The largest absolute Gasteiger partial charge is 0.352 e. The molecule has 0 radical (unpaired) electrons. The van der Waals surface area contributed by atoms with E-state index in [2.05, 4.69) is 10.6 Å². The van der Waals surface area contributed by atoms with Crippen LogP contribution in [0.2, 0.25) is 5.02 Å². The molecule has 1 aromatic rings. The third-order valence-corrected chi connectivity index (χ3v) is 2.89. The number of benzene rings is 1. The summed E-state index contributed by atoms with van der Waals surface area (Å²) in [6, 6.07) is 7.48. The lowest BCUT2D eigenvalue weighted by Gasteiger charge is -2.23. The molecule has 1 amide bonds. The molecule has 0 bridgehead atoms. The van der Waals surface area contributed by atoms with E-state index in [9.17, 15) is 4.79 Å². The van der Waals surface area contributed by atoms with Crippen molar-refractivity contribution < 1.29 is 4.79 Å². The molecule has 0 saturated carbocycles. The Kier molecular flexibility index (Phi) is 4.97. The van der Waals surface area contributed by atoms with Gasteiger partial charge in [-0.05, 0) is 38.6 Å². The number of hydrogen-bond donors (Lipinski definition) is 2. The molecule has 0 atom stereocenters. The molecule has 2 N–H and O–H groups in total. The fourth-order valence-electron chi connectivity index (χ4n) is 1.40. The van der Waals surface area contributed by atoms with Crippen LogP contribution >= 0.6 is 11.6 Å². The predicted molar refractivity (Wildman–Crippen MR) is 71.1 cm³/mol. The quantitative estimate of drug-likeness (QED) is 0.847. The summed E-state index contributed by atoms with van der Waals surface area (Å²) in [5, 5.41) is 6.66. The molecule has 4 heteroatoms. The van der Waals surface area contributed by atoms with Gasteiger partial charge in [0.15, 0.2) is 0 Å². The van der Waals surface area contributed by atoms with E-state index in [0.29, 0.717) is 18.0 Å². The lowest BCUT2D eigenvalue weighted by molar-refractivity contribution is -0.122. The van der Waals surface area contributed by atoms with Crippen molar-refractivity contribution in [1.29, 1.82) is 0 Å². The topological polar surface area (TPSA) is 41.1 Å². The maximum absolute atomic E-state index is 11.7. The van der Waals surface area contributed by atoms with Crippen molar-refractivity contribution in [2.45, 2.75) is 32.4 Å². The van der Waals surface area contributed by atoms with Crippen LogP contribution in [0.4, 0.5) is 0 Å². The van der Waals surface area contributed by atoms with Crippen molar-refractivity contribution in [3.63, 3.8) is 0 Å². The van der Waals surface area contributed by atoms with Gasteiger partial charge >= 0.3 is 0 Å². The van der Waals surface area contributed by atoms with Crippen LogP contribution in [-0.4, -0.2) is 18.5 Å². The Morgan fingerprint density at radius 2 is 2.12 bits per heavy atom. The van der Waals surface area contributed by atoms with Gasteiger partial charge in [-0.2, -0.15) is 0 Å². The summed E-state index contributed by atoms with van der Waals surface area (Å²) in [6.45, 7) is 4.50. The minimum atomic E-state index is -0.182. The summed E-state index contributed by atoms with van der Waals surface area (Å²) in [7, 11) is 1.85. The predicted octanol–water partition coefficient (Wildman–Crippen LogP) is 2.34. The zero-order valence-corrected chi connectivity index (χ0v) is 11.3. The first-order valence-electron chi connectivity index (χ1n) is 5.63.